The first-order chi connectivity index (χ1) is 12.0. The van der Waals surface area contributed by atoms with E-state index in [9.17, 15) is 8.78 Å². The average molecular weight is 361 g/mol. The molecule has 2 aliphatic rings. The van der Waals surface area contributed by atoms with Gasteiger partial charge in [-0.2, -0.15) is 4.39 Å². The standard InChI is InChI=1S/C18H17F2N3OS/c1-10-14-8-23-17(21)25-18(14,9-24-10)13-7-11(4-5-15(13)19)12-3-2-6-22-16(12)20/h2-7,10,14H,8-9H2,1H3,(H2,21,23)/t10-,14+,18-/m1/s1. The van der Waals surface area contributed by atoms with Crippen molar-refractivity contribution < 1.29 is 13.5 Å². The summed E-state index contributed by atoms with van der Waals surface area (Å²) in [5, 5.41) is 0.423. The van der Waals surface area contributed by atoms with Crippen LogP contribution in [0.4, 0.5) is 8.78 Å². The summed E-state index contributed by atoms with van der Waals surface area (Å²) in [5.74, 6) is -0.922. The maximum atomic E-state index is 14.8. The second kappa shape index (κ2) is 6.07. The Hall–Kier alpha value is -1.99. The van der Waals surface area contributed by atoms with E-state index >= 15 is 0 Å². The molecule has 0 saturated carbocycles. The Morgan fingerprint density at radius 2 is 2.16 bits per heavy atom. The fraction of sp³-hybridized carbons (Fsp3) is 0.333. The first-order valence-corrected chi connectivity index (χ1v) is 8.84. The van der Waals surface area contributed by atoms with Gasteiger partial charge in [-0.05, 0) is 36.8 Å². The first kappa shape index (κ1) is 16.5. The number of ether oxygens (including phenoxy) is 1. The molecule has 2 aromatic rings. The third-order valence-electron chi connectivity index (χ3n) is 4.95. The molecular weight excluding hydrogens is 344 g/mol. The molecule has 1 aromatic carbocycles. The van der Waals surface area contributed by atoms with E-state index in [0.717, 1.165) is 0 Å². The van der Waals surface area contributed by atoms with E-state index in [2.05, 4.69) is 9.98 Å². The van der Waals surface area contributed by atoms with Gasteiger partial charge in [-0.25, -0.2) is 9.37 Å². The van der Waals surface area contributed by atoms with Gasteiger partial charge in [-0.15, -0.1) is 0 Å². The number of nitrogens with zero attached hydrogens (tertiary/aromatic N) is 2. The number of pyridine rings is 1. The van der Waals surface area contributed by atoms with Gasteiger partial charge in [-0.3, -0.25) is 4.99 Å². The summed E-state index contributed by atoms with van der Waals surface area (Å²) >= 11 is 1.34. The molecule has 4 rings (SSSR count). The van der Waals surface area contributed by atoms with Crippen molar-refractivity contribution in [2.75, 3.05) is 13.2 Å². The summed E-state index contributed by atoms with van der Waals surface area (Å²) in [4.78, 5) is 7.98. The van der Waals surface area contributed by atoms with Gasteiger partial charge in [0.05, 0.1) is 17.5 Å². The Morgan fingerprint density at radius 1 is 1.32 bits per heavy atom. The van der Waals surface area contributed by atoms with Crippen LogP contribution in [0.5, 0.6) is 0 Å². The number of amidine groups is 1. The van der Waals surface area contributed by atoms with Crippen LogP contribution < -0.4 is 5.73 Å². The minimum atomic E-state index is -0.649. The molecule has 1 fully saturated rings. The lowest BCUT2D eigenvalue weighted by Gasteiger charge is -2.37. The number of hydrogen-bond donors (Lipinski definition) is 1. The normalized spacial score (nSPS) is 28.5. The molecule has 7 heteroatoms. The van der Waals surface area contributed by atoms with Gasteiger partial charge in [0.15, 0.2) is 5.17 Å². The van der Waals surface area contributed by atoms with Crippen molar-refractivity contribution in [2.45, 2.75) is 17.8 Å². The third kappa shape index (κ3) is 2.62. The molecule has 3 atom stereocenters. The number of fused-ring (bicyclic) bond motifs is 1. The number of aliphatic imine (C=N–C) groups is 1. The summed E-state index contributed by atoms with van der Waals surface area (Å²) in [5.41, 5.74) is 7.34. The topological polar surface area (TPSA) is 60.5 Å². The molecule has 0 spiro atoms. The SMILES string of the molecule is C[C@H]1OC[C@]2(c3cc(-c4cccnc4F)ccc3F)SC(N)=NC[C@@H]12. The Kier molecular flexibility index (Phi) is 4.00. The summed E-state index contributed by atoms with van der Waals surface area (Å²) < 4.78 is 34.0. The lowest BCUT2D eigenvalue weighted by Crippen LogP contribution is -2.41. The Morgan fingerprint density at radius 3 is 2.96 bits per heavy atom. The predicted molar refractivity (Wildman–Crippen MR) is 94.3 cm³/mol. The van der Waals surface area contributed by atoms with Crippen molar-refractivity contribution in [3.63, 3.8) is 0 Å². The molecule has 4 nitrogen and oxygen atoms in total. The minimum absolute atomic E-state index is 0.00768. The average Bonchev–Trinajstić information content (AvgIpc) is 2.93. The third-order valence-corrected chi connectivity index (χ3v) is 6.29. The Bertz CT molecular complexity index is 860. The lowest BCUT2D eigenvalue weighted by molar-refractivity contribution is 0.107. The van der Waals surface area contributed by atoms with Gasteiger partial charge in [-0.1, -0.05) is 17.8 Å². The monoisotopic (exact) mass is 361 g/mol. The van der Waals surface area contributed by atoms with E-state index in [0.29, 0.717) is 35.0 Å². The van der Waals surface area contributed by atoms with Crippen LogP contribution in [-0.4, -0.2) is 29.4 Å². The van der Waals surface area contributed by atoms with Gasteiger partial charge in [0.1, 0.15) is 5.82 Å². The molecule has 0 aliphatic carbocycles. The van der Waals surface area contributed by atoms with E-state index in [1.165, 1.54) is 24.0 Å². The summed E-state index contributed by atoms with van der Waals surface area (Å²) in [6, 6.07) is 7.91. The van der Waals surface area contributed by atoms with Crippen LogP contribution >= 0.6 is 11.8 Å². The van der Waals surface area contributed by atoms with E-state index in [1.807, 2.05) is 6.92 Å². The van der Waals surface area contributed by atoms with Crippen LogP contribution in [0, 0.1) is 17.7 Å². The fourth-order valence-electron chi connectivity index (χ4n) is 3.62. The fourth-order valence-corrected chi connectivity index (χ4v) is 4.94. The van der Waals surface area contributed by atoms with E-state index < -0.39 is 10.7 Å². The molecule has 1 saturated heterocycles. The van der Waals surface area contributed by atoms with Gasteiger partial charge < -0.3 is 10.5 Å². The van der Waals surface area contributed by atoms with Crippen molar-refractivity contribution in [1.82, 2.24) is 4.98 Å². The smallest absolute Gasteiger partial charge is 0.220 e. The quantitative estimate of drug-likeness (QED) is 0.834. The highest BCUT2D eigenvalue weighted by atomic mass is 32.2. The molecule has 3 heterocycles. The van der Waals surface area contributed by atoms with Gasteiger partial charge in [0.2, 0.25) is 5.95 Å². The molecule has 1 aromatic heterocycles. The zero-order valence-electron chi connectivity index (χ0n) is 13.6. The zero-order chi connectivity index (χ0) is 17.6. The molecule has 0 radical (unpaired) electrons. The first-order valence-electron chi connectivity index (χ1n) is 8.03. The molecule has 0 bridgehead atoms. The highest BCUT2D eigenvalue weighted by Crippen LogP contribution is 2.53. The van der Waals surface area contributed by atoms with Crippen LogP contribution in [0.25, 0.3) is 11.1 Å². The van der Waals surface area contributed by atoms with Crippen LogP contribution in [0.1, 0.15) is 12.5 Å². The molecular formula is C18H17F2N3OS. The number of halogens is 2. The number of thioether (sulfide) groups is 1. The van der Waals surface area contributed by atoms with Crippen molar-refractivity contribution in [1.29, 1.82) is 0 Å². The van der Waals surface area contributed by atoms with Gasteiger partial charge in [0.25, 0.3) is 0 Å². The molecule has 2 N–H and O–H groups in total. The second-order valence-electron chi connectivity index (χ2n) is 6.33. The van der Waals surface area contributed by atoms with Crippen molar-refractivity contribution in [2.24, 2.45) is 16.6 Å². The largest absolute Gasteiger partial charge is 0.379 e. The summed E-state index contributed by atoms with van der Waals surface area (Å²) in [6.45, 7) is 2.80. The Balaban J connectivity index is 1.86. The highest BCUT2D eigenvalue weighted by Gasteiger charge is 2.53. The zero-order valence-corrected chi connectivity index (χ0v) is 14.4. The number of benzene rings is 1. The van der Waals surface area contributed by atoms with E-state index in [4.69, 9.17) is 10.5 Å². The lowest BCUT2D eigenvalue weighted by atomic mass is 9.83. The molecule has 0 amide bonds. The van der Waals surface area contributed by atoms with Crippen molar-refractivity contribution >= 4 is 16.9 Å². The van der Waals surface area contributed by atoms with Crippen LogP contribution in [0.15, 0.2) is 41.5 Å². The van der Waals surface area contributed by atoms with Crippen LogP contribution in [-0.2, 0) is 9.48 Å². The maximum Gasteiger partial charge on any atom is 0.220 e. The van der Waals surface area contributed by atoms with Crippen molar-refractivity contribution in [3.8, 4) is 11.1 Å². The predicted octanol–water partition coefficient (Wildman–Crippen LogP) is 3.32. The minimum Gasteiger partial charge on any atom is -0.379 e. The molecule has 2 aliphatic heterocycles. The van der Waals surface area contributed by atoms with Crippen molar-refractivity contribution in [3.05, 3.63) is 53.9 Å². The number of aromatic nitrogens is 1. The van der Waals surface area contributed by atoms with Gasteiger partial charge in [0, 0.05) is 29.8 Å². The van der Waals surface area contributed by atoms with E-state index in [1.54, 1.807) is 24.3 Å². The number of rotatable bonds is 2. The highest BCUT2D eigenvalue weighted by molar-refractivity contribution is 8.14. The van der Waals surface area contributed by atoms with Gasteiger partial charge >= 0.3 is 0 Å². The second-order valence-corrected chi connectivity index (χ2v) is 7.68. The molecule has 130 valence electrons. The van der Waals surface area contributed by atoms with E-state index in [-0.39, 0.29) is 17.8 Å². The summed E-state index contributed by atoms with van der Waals surface area (Å²) in [6.07, 6.45) is 1.33. The van der Waals surface area contributed by atoms with Crippen LogP contribution in [0.3, 0.4) is 0 Å². The number of hydrogen-bond acceptors (Lipinski definition) is 5. The number of nitrogens with two attached hydrogens (primary N) is 1. The summed E-state index contributed by atoms with van der Waals surface area (Å²) in [7, 11) is 0. The Labute approximate surface area is 148 Å². The molecule has 25 heavy (non-hydrogen) atoms. The van der Waals surface area contributed by atoms with Crippen LogP contribution in [0.2, 0.25) is 0 Å². The maximum absolute atomic E-state index is 14.8. The molecule has 0 unspecified atom stereocenters.